The number of halogens is 1. The van der Waals surface area contributed by atoms with Gasteiger partial charge in [-0.3, -0.25) is 20.2 Å². The average molecular weight is 168 g/mol. The van der Waals surface area contributed by atoms with Crippen LogP contribution >= 0.6 is 0 Å². The van der Waals surface area contributed by atoms with Crippen molar-refractivity contribution in [1.82, 2.24) is 0 Å². The smallest absolute Gasteiger partial charge is 0.377 e. The molecule has 1 unspecified atom stereocenters. The normalized spacial score (nSPS) is 14.1. The molecule has 0 aliphatic rings. The van der Waals surface area contributed by atoms with Crippen LogP contribution < -0.4 is 0 Å². The van der Waals surface area contributed by atoms with Gasteiger partial charge in [0.25, 0.3) is 0 Å². The molecule has 64 valence electrons. The Hall–Kier alpha value is -1.31. The second-order valence-electron chi connectivity index (χ2n) is 1.83. The van der Waals surface area contributed by atoms with Crippen LogP contribution in [0.15, 0.2) is 0 Å². The fraction of sp³-hybridized carbons (Fsp3) is 1.00. The predicted octanol–water partition coefficient (Wildman–Crippen LogP) is -0.456. The Bertz CT molecular complexity index is 178. The van der Waals surface area contributed by atoms with Crippen molar-refractivity contribution < 1.29 is 19.3 Å². The van der Waals surface area contributed by atoms with E-state index in [2.05, 4.69) is 0 Å². The zero-order valence-electron chi connectivity index (χ0n) is 5.43. The SMILES string of the molecule is CC(O)C(F)([N+](=O)[O-])[N+](=O)[O-]. The maximum Gasteiger partial charge on any atom is 0.640 e. The number of aliphatic hydroxyl groups is 1. The Labute approximate surface area is 59.7 Å². The lowest BCUT2D eigenvalue weighted by atomic mass is 10.3. The van der Waals surface area contributed by atoms with Crippen LogP contribution in [0.5, 0.6) is 0 Å². The summed E-state index contributed by atoms with van der Waals surface area (Å²) in [5, 5.41) is 27.8. The Morgan fingerprint density at radius 3 is 1.73 bits per heavy atom. The van der Waals surface area contributed by atoms with Crippen molar-refractivity contribution in [2.45, 2.75) is 18.9 Å². The largest absolute Gasteiger partial charge is 0.640 e. The molecule has 0 aromatic heterocycles. The van der Waals surface area contributed by atoms with E-state index < -0.39 is 21.9 Å². The number of alkyl halides is 1. The molecular formula is C3H5FN2O5. The van der Waals surface area contributed by atoms with Crippen LogP contribution in [0, 0.1) is 20.2 Å². The van der Waals surface area contributed by atoms with Gasteiger partial charge in [-0.25, -0.2) is 0 Å². The van der Waals surface area contributed by atoms with Crippen LogP contribution in [0.3, 0.4) is 0 Å². The summed E-state index contributed by atoms with van der Waals surface area (Å²) in [7, 11) is 0. The van der Waals surface area contributed by atoms with E-state index in [-0.39, 0.29) is 0 Å². The third kappa shape index (κ3) is 1.40. The summed E-state index contributed by atoms with van der Waals surface area (Å²) >= 11 is 0. The maximum atomic E-state index is 12.5. The van der Waals surface area contributed by atoms with Crippen LogP contribution in [0.25, 0.3) is 0 Å². The Kier molecular flexibility index (Phi) is 2.42. The van der Waals surface area contributed by atoms with Gasteiger partial charge in [-0.05, 0) is 6.92 Å². The molecule has 0 radical (unpaired) electrons. The fourth-order valence-electron chi connectivity index (χ4n) is 0.372. The molecule has 1 atom stereocenters. The van der Waals surface area contributed by atoms with Crippen molar-refractivity contribution in [3.8, 4) is 0 Å². The number of nitro groups is 2. The molecular weight excluding hydrogens is 163 g/mol. The third-order valence-electron chi connectivity index (χ3n) is 1.04. The average Bonchev–Trinajstić information content (AvgIpc) is 1.84. The topological polar surface area (TPSA) is 107 Å². The molecule has 0 aliphatic heterocycles. The first kappa shape index (κ1) is 9.69. The maximum absolute atomic E-state index is 12.5. The van der Waals surface area contributed by atoms with E-state index in [1.54, 1.807) is 0 Å². The molecule has 11 heavy (non-hydrogen) atoms. The van der Waals surface area contributed by atoms with Crippen molar-refractivity contribution in [3.63, 3.8) is 0 Å². The monoisotopic (exact) mass is 168 g/mol. The first-order valence-corrected chi connectivity index (χ1v) is 2.49. The molecule has 0 rings (SSSR count). The Morgan fingerprint density at radius 1 is 1.45 bits per heavy atom. The zero-order chi connectivity index (χ0) is 9.23. The van der Waals surface area contributed by atoms with Gasteiger partial charge in [0.05, 0.1) is 0 Å². The molecule has 0 heterocycles. The van der Waals surface area contributed by atoms with Gasteiger partial charge in [0, 0.05) is 0 Å². The minimum absolute atomic E-state index is 0.631. The van der Waals surface area contributed by atoms with E-state index in [1.165, 1.54) is 0 Å². The Morgan fingerprint density at radius 2 is 1.73 bits per heavy atom. The lowest BCUT2D eigenvalue weighted by Crippen LogP contribution is -2.50. The number of rotatable bonds is 3. The van der Waals surface area contributed by atoms with Crippen LogP contribution in [0.1, 0.15) is 6.92 Å². The minimum atomic E-state index is -4.00. The number of hydrogen-bond donors (Lipinski definition) is 1. The van der Waals surface area contributed by atoms with Crippen molar-refractivity contribution in [3.05, 3.63) is 20.2 Å². The lowest BCUT2D eigenvalue weighted by Gasteiger charge is -2.09. The van der Waals surface area contributed by atoms with E-state index in [0.29, 0.717) is 6.92 Å². The second kappa shape index (κ2) is 2.74. The molecule has 0 saturated carbocycles. The summed E-state index contributed by atoms with van der Waals surface area (Å²) in [5.41, 5.74) is 0. The highest BCUT2D eigenvalue weighted by Gasteiger charge is 2.63. The lowest BCUT2D eigenvalue weighted by molar-refractivity contribution is -0.840. The molecule has 0 saturated heterocycles. The standard InChI is InChI=1S/C3H5FN2O5/c1-2(7)3(4,5(8)9)6(10)11/h2,7H,1H3. The van der Waals surface area contributed by atoms with Gasteiger partial charge in [0.1, 0.15) is 9.85 Å². The molecule has 0 aromatic rings. The van der Waals surface area contributed by atoms with E-state index in [4.69, 9.17) is 5.11 Å². The molecule has 0 bridgehead atoms. The van der Waals surface area contributed by atoms with Crippen LogP contribution in [0.4, 0.5) is 4.39 Å². The number of nitrogens with zero attached hydrogens (tertiary/aromatic N) is 2. The number of aliphatic hydroxyl groups excluding tert-OH is 1. The summed E-state index contributed by atoms with van der Waals surface area (Å²) in [6.45, 7) is 0.631. The molecule has 7 nitrogen and oxygen atoms in total. The van der Waals surface area contributed by atoms with Crippen molar-refractivity contribution in [2.75, 3.05) is 0 Å². The van der Waals surface area contributed by atoms with Crippen LogP contribution in [-0.2, 0) is 0 Å². The van der Waals surface area contributed by atoms with E-state index >= 15 is 0 Å². The summed E-state index contributed by atoms with van der Waals surface area (Å²) in [4.78, 5) is 15.9. The van der Waals surface area contributed by atoms with Gasteiger partial charge in [0.2, 0.25) is 6.10 Å². The summed E-state index contributed by atoms with van der Waals surface area (Å²) < 4.78 is 12.5. The van der Waals surface area contributed by atoms with E-state index in [9.17, 15) is 24.6 Å². The van der Waals surface area contributed by atoms with Gasteiger partial charge in [0.15, 0.2) is 0 Å². The Balaban J connectivity index is 4.82. The van der Waals surface area contributed by atoms with Crippen molar-refractivity contribution in [2.24, 2.45) is 0 Å². The zero-order valence-corrected chi connectivity index (χ0v) is 5.43. The summed E-state index contributed by atoms with van der Waals surface area (Å²) in [6.07, 6.45) is -2.28. The molecule has 0 fully saturated rings. The third-order valence-corrected chi connectivity index (χ3v) is 1.04. The number of hydrogen-bond acceptors (Lipinski definition) is 5. The first-order chi connectivity index (χ1) is 4.83. The van der Waals surface area contributed by atoms with Crippen molar-refractivity contribution in [1.29, 1.82) is 0 Å². The molecule has 0 amide bonds. The van der Waals surface area contributed by atoms with Gasteiger partial charge in [-0.1, -0.05) is 4.39 Å². The predicted molar refractivity (Wildman–Crippen MR) is 29.5 cm³/mol. The highest BCUT2D eigenvalue weighted by atomic mass is 19.2. The van der Waals surface area contributed by atoms with Crippen molar-refractivity contribution >= 4 is 0 Å². The van der Waals surface area contributed by atoms with Crippen LogP contribution in [0.2, 0.25) is 0 Å². The fourth-order valence-corrected chi connectivity index (χ4v) is 0.372. The van der Waals surface area contributed by atoms with Crippen LogP contribution in [-0.4, -0.2) is 27.0 Å². The highest BCUT2D eigenvalue weighted by molar-refractivity contribution is 4.58. The quantitative estimate of drug-likeness (QED) is 0.265. The van der Waals surface area contributed by atoms with E-state index in [0.717, 1.165) is 0 Å². The molecule has 0 aromatic carbocycles. The van der Waals surface area contributed by atoms with E-state index in [1.807, 2.05) is 0 Å². The summed E-state index contributed by atoms with van der Waals surface area (Å²) in [5.74, 6) is -4.00. The molecule has 1 N–H and O–H groups in total. The van der Waals surface area contributed by atoms with Gasteiger partial charge in [-0.15, -0.1) is 0 Å². The second-order valence-corrected chi connectivity index (χ2v) is 1.83. The van der Waals surface area contributed by atoms with Gasteiger partial charge in [-0.2, -0.15) is 0 Å². The van der Waals surface area contributed by atoms with Gasteiger partial charge < -0.3 is 5.11 Å². The molecule has 0 spiro atoms. The molecule has 0 aliphatic carbocycles. The molecule has 8 heteroatoms. The summed E-state index contributed by atoms with van der Waals surface area (Å²) in [6, 6.07) is 0. The first-order valence-electron chi connectivity index (χ1n) is 2.49. The van der Waals surface area contributed by atoms with Gasteiger partial charge >= 0.3 is 5.92 Å². The minimum Gasteiger partial charge on any atom is -0.377 e. The highest BCUT2D eigenvalue weighted by Crippen LogP contribution is 2.17.